The number of likely N-dealkylation sites (N-methyl/N-ethyl adjacent to an activating group) is 1. The maximum atomic E-state index is 4.61. The average molecular weight is 263 g/mol. The zero-order valence-corrected chi connectivity index (χ0v) is 12.3. The number of hydrogen-bond acceptors (Lipinski definition) is 5. The Labute approximate surface area is 116 Å². The van der Waals surface area contributed by atoms with Gasteiger partial charge in [-0.05, 0) is 26.0 Å². The van der Waals surface area contributed by atoms with Crippen molar-refractivity contribution in [1.29, 1.82) is 0 Å². The summed E-state index contributed by atoms with van der Waals surface area (Å²) in [6.45, 7) is 8.50. The second-order valence-electron chi connectivity index (χ2n) is 5.15. The monoisotopic (exact) mass is 263 g/mol. The first-order chi connectivity index (χ1) is 9.24. The van der Waals surface area contributed by atoms with Gasteiger partial charge in [-0.2, -0.15) is 4.98 Å². The van der Waals surface area contributed by atoms with Crippen molar-refractivity contribution in [2.24, 2.45) is 0 Å². The first kappa shape index (κ1) is 14.1. The third kappa shape index (κ3) is 3.56. The average Bonchev–Trinajstić information content (AvgIpc) is 2.46. The maximum absolute atomic E-state index is 4.61. The third-order valence-electron chi connectivity index (χ3n) is 3.75. The van der Waals surface area contributed by atoms with Crippen molar-refractivity contribution in [2.45, 2.75) is 32.7 Å². The number of aromatic nitrogens is 2. The van der Waals surface area contributed by atoms with Gasteiger partial charge in [0.15, 0.2) is 0 Å². The van der Waals surface area contributed by atoms with E-state index in [-0.39, 0.29) is 0 Å². The molecule has 1 N–H and O–H groups in total. The van der Waals surface area contributed by atoms with Gasteiger partial charge < -0.3 is 10.2 Å². The van der Waals surface area contributed by atoms with Crippen LogP contribution in [0.3, 0.4) is 0 Å². The highest BCUT2D eigenvalue weighted by Gasteiger charge is 2.23. The minimum absolute atomic E-state index is 0.621. The van der Waals surface area contributed by atoms with E-state index in [2.05, 4.69) is 46.0 Å². The molecule has 1 aliphatic rings. The van der Waals surface area contributed by atoms with E-state index in [1.165, 1.54) is 6.42 Å². The normalized spacial score (nSPS) is 20.6. The molecule has 2 rings (SSSR count). The molecule has 5 nitrogen and oxygen atoms in total. The molecule has 0 radical (unpaired) electrons. The fourth-order valence-electron chi connectivity index (χ4n) is 2.44. The van der Waals surface area contributed by atoms with Crippen molar-refractivity contribution >= 4 is 11.8 Å². The zero-order valence-electron chi connectivity index (χ0n) is 12.3. The van der Waals surface area contributed by atoms with Gasteiger partial charge in [-0.3, -0.25) is 4.90 Å². The molecule has 1 atom stereocenters. The summed E-state index contributed by atoms with van der Waals surface area (Å²) < 4.78 is 0. The van der Waals surface area contributed by atoms with Crippen LogP contribution in [-0.2, 0) is 0 Å². The van der Waals surface area contributed by atoms with Crippen molar-refractivity contribution < 1.29 is 0 Å². The van der Waals surface area contributed by atoms with Gasteiger partial charge in [0, 0.05) is 38.4 Å². The van der Waals surface area contributed by atoms with E-state index in [0.29, 0.717) is 6.04 Å². The first-order valence-corrected chi connectivity index (χ1v) is 7.26. The summed E-state index contributed by atoms with van der Waals surface area (Å²) in [6.07, 6.45) is 4.11. The quantitative estimate of drug-likeness (QED) is 0.878. The summed E-state index contributed by atoms with van der Waals surface area (Å²) in [5, 5.41) is 3.25. The number of anilines is 2. The first-order valence-electron chi connectivity index (χ1n) is 7.26. The molecule has 1 aromatic heterocycles. The summed E-state index contributed by atoms with van der Waals surface area (Å²) in [5.41, 5.74) is 0. The number of rotatable bonds is 5. The van der Waals surface area contributed by atoms with Crippen molar-refractivity contribution in [3.8, 4) is 0 Å². The van der Waals surface area contributed by atoms with E-state index in [9.17, 15) is 0 Å². The molecule has 5 heteroatoms. The summed E-state index contributed by atoms with van der Waals surface area (Å²) in [7, 11) is 2.21. The Morgan fingerprint density at radius 1 is 1.37 bits per heavy atom. The lowest BCUT2D eigenvalue weighted by Crippen LogP contribution is -2.51. The van der Waals surface area contributed by atoms with Gasteiger partial charge in [0.25, 0.3) is 0 Å². The summed E-state index contributed by atoms with van der Waals surface area (Å²) >= 11 is 0. The van der Waals surface area contributed by atoms with E-state index >= 15 is 0 Å². The Morgan fingerprint density at radius 3 is 2.95 bits per heavy atom. The molecule has 1 fully saturated rings. The van der Waals surface area contributed by atoms with Crippen molar-refractivity contribution in [3.63, 3.8) is 0 Å². The fraction of sp³-hybridized carbons (Fsp3) is 0.714. The molecule has 0 saturated carbocycles. The van der Waals surface area contributed by atoms with E-state index in [4.69, 9.17) is 0 Å². The van der Waals surface area contributed by atoms with Gasteiger partial charge in [-0.25, -0.2) is 4.98 Å². The van der Waals surface area contributed by atoms with Crippen molar-refractivity contribution in [3.05, 3.63) is 12.3 Å². The van der Waals surface area contributed by atoms with Crippen LogP contribution in [0.1, 0.15) is 26.7 Å². The predicted molar refractivity (Wildman–Crippen MR) is 79.7 cm³/mol. The molecular formula is C14H25N5. The van der Waals surface area contributed by atoms with E-state index in [1.807, 2.05) is 12.3 Å². The smallest absolute Gasteiger partial charge is 0.224 e. The van der Waals surface area contributed by atoms with Gasteiger partial charge >= 0.3 is 0 Å². The van der Waals surface area contributed by atoms with Crippen LogP contribution in [0.4, 0.5) is 11.8 Å². The molecule has 19 heavy (non-hydrogen) atoms. The Bertz CT molecular complexity index is 395. The molecule has 0 aromatic carbocycles. The standard InChI is InChI=1S/C14H25N5/c1-4-7-15-14-16-8-6-13(17-14)19-10-9-18(3)12(5-2)11-19/h6,8,12H,4-5,7,9-11H2,1-3H3,(H,15,16,17). The van der Waals surface area contributed by atoms with Crippen LogP contribution in [0.2, 0.25) is 0 Å². The molecule has 1 unspecified atom stereocenters. The highest BCUT2D eigenvalue weighted by Crippen LogP contribution is 2.18. The minimum Gasteiger partial charge on any atom is -0.354 e. The van der Waals surface area contributed by atoms with Crippen molar-refractivity contribution in [1.82, 2.24) is 14.9 Å². The van der Waals surface area contributed by atoms with Crippen LogP contribution < -0.4 is 10.2 Å². The van der Waals surface area contributed by atoms with Gasteiger partial charge in [0.1, 0.15) is 5.82 Å². The second kappa shape index (κ2) is 6.70. The molecule has 0 amide bonds. The van der Waals surface area contributed by atoms with Crippen molar-refractivity contribution in [2.75, 3.05) is 43.4 Å². The van der Waals surface area contributed by atoms with Gasteiger partial charge in [-0.15, -0.1) is 0 Å². The Morgan fingerprint density at radius 2 is 2.21 bits per heavy atom. The lowest BCUT2D eigenvalue weighted by atomic mass is 10.1. The summed E-state index contributed by atoms with van der Waals surface area (Å²) in [5.74, 6) is 1.78. The number of nitrogens with one attached hydrogen (secondary N) is 1. The topological polar surface area (TPSA) is 44.3 Å². The lowest BCUT2D eigenvalue weighted by molar-refractivity contribution is 0.213. The van der Waals surface area contributed by atoms with Gasteiger partial charge in [0.05, 0.1) is 0 Å². The summed E-state index contributed by atoms with van der Waals surface area (Å²) in [6, 6.07) is 2.63. The number of piperazine rings is 1. The maximum Gasteiger partial charge on any atom is 0.224 e. The second-order valence-corrected chi connectivity index (χ2v) is 5.15. The molecule has 1 saturated heterocycles. The fourth-order valence-corrected chi connectivity index (χ4v) is 2.44. The molecule has 0 bridgehead atoms. The van der Waals surface area contributed by atoms with Crippen LogP contribution in [0.15, 0.2) is 12.3 Å². The van der Waals surface area contributed by atoms with Crippen LogP contribution in [0.5, 0.6) is 0 Å². The number of hydrogen-bond donors (Lipinski definition) is 1. The highest BCUT2D eigenvalue weighted by molar-refractivity contribution is 5.43. The molecule has 0 aliphatic carbocycles. The van der Waals surface area contributed by atoms with E-state index in [0.717, 1.165) is 44.4 Å². The molecular weight excluding hydrogens is 238 g/mol. The van der Waals surface area contributed by atoms with Crippen LogP contribution in [0.25, 0.3) is 0 Å². The van der Waals surface area contributed by atoms with Crippen LogP contribution in [-0.4, -0.2) is 54.1 Å². The molecule has 106 valence electrons. The minimum atomic E-state index is 0.621. The summed E-state index contributed by atoms with van der Waals surface area (Å²) in [4.78, 5) is 13.7. The van der Waals surface area contributed by atoms with Crippen LogP contribution in [0, 0.1) is 0 Å². The Hall–Kier alpha value is -1.36. The molecule has 0 spiro atoms. The zero-order chi connectivity index (χ0) is 13.7. The molecule has 1 aromatic rings. The van der Waals surface area contributed by atoms with Gasteiger partial charge in [0.2, 0.25) is 5.95 Å². The lowest BCUT2D eigenvalue weighted by Gasteiger charge is -2.39. The van der Waals surface area contributed by atoms with Gasteiger partial charge in [-0.1, -0.05) is 13.8 Å². The van der Waals surface area contributed by atoms with E-state index < -0.39 is 0 Å². The molecule has 1 aliphatic heterocycles. The number of nitrogens with zero attached hydrogens (tertiary/aromatic N) is 4. The Balaban J connectivity index is 2.04. The predicted octanol–water partition coefficient (Wildman–Crippen LogP) is 1.83. The Kier molecular flexibility index (Phi) is 4.96. The largest absolute Gasteiger partial charge is 0.354 e. The third-order valence-corrected chi connectivity index (χ3v) is 3.75. The molecule has 2 heterocycles. The van der Waals surface area contributed by atoms with Crippen LogP contribution >= 0.6 is 0 Å². The SMILES string of the molecule is CCCNc1nccc(N2CCN(C)C(CC)C2)n1. The van der Waals surface area contributed by atoms with E-state index in [1.54, 1.807) is 0 Å². The highest BCUT2D eigenvalue weighted by atomic mass is 15.3.